The third-order valence-electron chi connectivity index (χ3n) is 5.94. The highest BCUT2D eigenvalue weighted by Gasteiger charge is 2.28. The van der Waals surface area contributed by atoms with E-state index in [1.165, 1.54) is 25.7 Å². The fourth-order valence-electron chi connectivity index (χ4n) is 4.07. The Kier molecular flexibility index (Phi) is 10.2. The largest absolute Gasteiger partial charge is 0.494 e. The number of hydrogen-bond donors (Lipinski definition) is 0. The molecule has 1 aliphatic rings. The van der Waals surface area contributed by atoms with Crippen LogP contribution in [0.3, 0.4) is 0 Å². The van der Waals surface area contributed by atoms with Crippen molar-refractivity contribution in [2.75, 3.05) is 6.61 Å². The number of ether oxygens (including phenoxy) is 2. The standard InChI is InChI=1S/C25H34N2O3/c1-4-6-8-10-19-11-13-20(14-12-19)25(28)30-23-16-15-22(29-17-9-7-5-2)21(18-26)24(23)27-3/h15-16,19-20H,4-14,17H2,1-2H3. The van der Waals surface area contributed by atoms with Gasteiger partial charge in [-0.25, -0.2) is 4.85 Å². The Morgan fingerprint density at radius 3 is 2.40 bits per heavy atom. The van der Waals surface area contributed by atoms with Crippen LogP contribution in [0, 0.1) is 29.7 Å². The minimum atomic E-state index is -0.285. The smallest absolute Gasteiger partial charge is 0.313 e. The van der Waals surface area contributed by atoms with E-state index in [9.17, 15) is 10.1 Å². The molecule has 1 saturated carbocycles. The lowest BCUT2D eigenvalue weighted by Crippen LogP contribution is -2.25. The molecule has 0 saturated heterocycles. The second-order valence-corrected chi connectivity index (χ2v) is 8.20. The van der Waals surface area contributed by atoms with Gasteiger partial charge in [0.1, 0.15) is 17.1 Å². The van der Waals surface area contributed by atoms with Crippen LogP contribution in [-0.4, -0.2) is 12.6 Å². The molecule has 0 spiro atoms. The molecule has 1 aromatic rings. The molecule has 0 N–H and O–H groups in total. The summed E-state index contributed by atoms with van der Waals surface area (Å²) in [5.74, 6) is 0.854. The number of esters is 1. The number of carbonyl (C=O) groups is 1. The van der Waals surface area contributed by atoms with Crippen molar-refractivity contribution in [3.63, 3.8) is 0 Å². The number of carbonyl (C=O) groups excluding carboxylic acids is 1. The van der Waals surface area contributed by atoms with Crippen LogP contribution in [0.25, 0.3) is 4.85 Å². The lowest BCUT2D eigenvalue weighted by Gasteiger charge is -2.27. The molecular weight excluding hydrogens is 376 g/mol. The van der Waals surface area contributed by atoms with Gasteiger partial charge >= 0.3 is 5.97 Å². The van der Waals surface area contributed by atoms with Crippen LogP contribution in [0.15, 0.2) is 12.1 Å². The van der Waals surface area contributed by atoms with Crippen molar-refractivity contribution in [3.8, 4) is 17.6 Å². The molecule has 1 fully saturated rings. The third kappa shape index (κ3) is 6.77. The minimum Gasteiger partial charge on any atom is -0.494 e. The average molecular weight is 411 g/mol. The Hall–Kier alpha value is -2.53. The molecule has 0 heterocycles. The second kappa shape index (κ2) is 12.9. The van der Waals surface area contributed by atoms with Gasteiger partial charge in [0.25, 0.3) is 0 Å². The van der Waals surface area contributed by atoms with Gasteiger partial charge in [-0.2, -0.15) is 5.26 Å². The number of nitrogens with zero attached hydrogens (tertiary/aromatic N) is 2. The zero-order chi connectivity index (χ0) is 21.8. The quantitative estimate of drug-likeness (QED) is 0.171. The highest BCUT2D eigenvalue weighted by Crippen LogP contribution is 2.39. The van der Waals surface area contributed by atoms with Crippen molar-refractivity contribution in [2.24, 2.45) is 11.8 Å². The van der Waals surface area contributed by atoms with Gasteiger partial charge in [0, 0.05) is 0 Å². The van der Waals surface area contributed by atoms with Gasteiger partial charge in [-0.05, 0) is 50.2 Å². The fraction of sp³-hybridized carbons (Fsp3) is 0.640. The van der Waals surface area contributed by atoms with Crippen molar-refractivity contribution in [3.05, 3.63) is 29.1 Å². The van der Waals surface area contributed by atoms with Crippen molar-refractivity contribution in [2.45, 2.75) is 84.5 Å². The van der Waals surface area contributed by atoms with Crippen LogP contribution in [0.2, 0.25) is 0 Å². The van der Waals surface area contributed by atoms with Gasteiger partial charge in [-0.15, -0.1) is 0 Å². The first-order valence-corrected chi connectivity index (χ1v) is 11.4. The molecule has 0 radical (unpaired) electrons. The van der Waals surface area contributed by atoms with Crippen molar-refractivity contribution >= 4 is 11.7 Å². The van der Waals surface area contributed by atoms with Gasteiger partial charge in [-0.1, -0.05) is 52.4 Å². The van der Waals surface area contributed by atoms with E-state index in [1.807, 2.05) is 6.07 Å². The summed E-state index contributed by atoms with van der Waals surface area (Å²) in [6.07, 6.45) is 11.9. The van der Waals surface area contributed by atoms with Gasteiger partial charge in [0.2, 0.25) is 5.69 Å². The molecular formula is C25H34N2O3. The van der Waals surface area contributed by atoms with Gasteiger partial charge in [0.15, 0.2) is 0 Å². The van der Waals surface area contributed by atoms with E-state index in [1.54, 1.807) is 12.1 Å². The van der Waals surface area contributed by atoms with Gasteiger partial charge in [-0.3, -0.25) is 4.79 Å². The van der Waals surface area contributed by atoms with Gasteiger partial charge < -0.3 is 9.47 Å². The van der Waals surface area contributed by atoms with Crippen molar-refractivity contribution in [1.82, 2.24) is 0 Å². The zero-order valence-electron chi connectivity index (χ0n) is 18.4. The second-order valence-electron chi connectivity index (χ2n) is 8.20. The number of nitriles is 1. The Morgan fingerprint density at radius 2 is 1.77 bits per heavy atom. The molecule has 1 aromatic carbocycles. The molecule has 0 aromatic heterocycles. The maximum atomic E-state index is 12.7. The molecule has 0 atom stereocenters. The normalized spacial score (nSPS) is 18.3. The maximum absolute atomic E-state index is 12.7. The molecule has 0 unspecified atom stereocenters. The molecule has 2 rings (SSSR count). The highest BCUT2D eigenvalue weighted by atomic mass is 16.5. The summed E-state index contributed by atoms with van der Waals surface area (Å²) in [7, 11) is 0. The number of benzene rings is 1. The molecule has 5 heteroatoms. The first kappa shape index (κ1) is 23.7. The maximum Gasteiger partial charge on any atom is 0.313 e. The molecule has 0 aliphatic heterocycles. The summed E-state index contributed by atoms with van der Waals surface area (Å²) >= 11 is 0. The summed E-state index contributed by atoms with van der Waals surface area (Å²) in [4.78, 5) is 16.2. The van der Waals surface area contributed by atoms with Crippen LogP contribution < -0.4 is 9.47 Å². The van der Waals surface area contributed by atoms with Crippen LogP contribution >= 0.6 is 0 Å². The Morgan fingerprint density at radius 1 is 1.10 bits per heavy atom. The summed E-state index contributed by atoms with van der Waals surface area (Å²) in [6, 6.07) is 5.26. The van der Waals surface area contributed by atoms with E-state index in [0.717, 1.165) is 44.9 Å². The molecule has 5 nitrogen and oxygen atoms in total. The lowest BCUT2D eigenvalue weighted by molar-refractivity contribution is -0.140. The summed E-state index contributed by atoms with van der Waals surface area (Å²) in [6.45, 7) is 12.3. The predicted molar refractivity (Wildman–Crippen MR) is 118 cm³/mol. The Labute approximate surface area is 181 Å². The van der Waals surface area contributed by atoms with E-state index in [0.29, 0.717) is 18.3 Å². The molecule has 0 bridgehead atoms. The lowest BCUT2D eigenvalue weighted by atomic mass is 9.80. The first-order chi connectivity index (χ1) is 14.6. The van der Waals surface area contributed by atoms with Crippen LogP contribution in [0.4, 0.5) is 5.69 Å². The molecule has 0 amide bonds. The molecule has 30 heavy (non-hydrogen) atoms. The van der Waals surface area contributed by atoms with E-state index in [-0.39, 0.29) is 28.9 Å². The van der Waals surface area contributed by atoms with Crippen LogP contribution in [0.5, 0.6) is 11.5 Å². The molecule has 162 valence electrons. The first-order valence-electron chi connectivity index (χ1n) is 11.4. The SMILES string of the molecule is [C-]#[N+]c1c(OC(=O)C2CCC(CCCCC)CC2)ccc(OCCCCC)c1C#N. The van der Waals surface area contributed by atoms with Crippen molar-refractivity contribution in [1.29, 1.82) is 5.26 Å². The summed E-state index contributed by atoms with van der Waals surface area (Å²) in [5.41, 5.74) is 0.207. The summed E-state index contributed by atoms with van der Waals surface area (Å²) in [5, 5.41) is 9.54. The minimum absolute atomic E-state index is 0.0621. The monoisotopic (exact) mass is 410 g/mol. The molecule has 1 aliphatic carbocycles. The number of unbranched alkanes of at least 4 members (excludes halogenated alkanes) is 4. The average Bonchev–Trinajstić information content (AvgIpc) is 2.77. The highest BCUT2D eigenvalue weighted by molar-refractivity contribution is 5.80. The van der Waals surface area contributed by atoms with Crippen molar-refractivity contribution < 1.29 is 14.3 Å². The zero-order valence-corrected chi connectivity index (χ0v) is 18.4. The Balaban J connectivity index is 1.98. The van der Waals surface area contributed by atoms with E-state index in [2.05, 4.69) is 18.7 Å². The Bertz CT molecular complexity index is 768. The topological polar surface area (TPSA) is 63.7 Å². The summed E-state index contributed by atoms with van der Waals surface area (Å²) < 4.78 is 11.3. The van der Waals surface area contributed by atoms with E-state index in [4.69, 9.17) is 16.0 Å². The predicted octanol–water partition coefficient (Wildman–Crippen LogP) is 6.97. The third-order valence-corrected chi connectivity index (χ3v) is 5.94. The number of hydrogen-bond acceptors (Lipinski definition) is 4. The number of rotatable bonds is 11. The fourth-order valence-corrected chi connectivity index (χ4v) is 4.07. The van der Waals surface area contributed by atoms with E-state index < -0.39 is 0 Å². The van der Waals surface area contributed by atoms with Crippen LogP contribution in [0.1, 0.15) is 90.0 Å². The van der Waals surface area contributed by atoms with Gasteiger partial charge in [0.05, 0.1) is 25.2 Å². The van der Waals surface area contributed by atoms with E-state index >= 15 is 0 Å². The van der Waals surface area contributed by atoms with Crippen LogP contribution in [-0.2, 0) is 4.79 Å².